The van der Waals surface area contributed by atoms with Crippen molar-refractivity contribution in [3.8, 4) is 77.9 Å². The summed E-state index contributed by atoms with van der Waals surface area (Å²) in [5.74, 6) is 0. The van der Waals surface area contributed by atoms with Gasteiger partial charge in [0.1, 0.15) is 0 Å². The minimum atomic E-state index is -0.0297. The maximum atomic E-state index is 2.39. The first-order valence-corrected chi connectivity index (χ1v) is 46.4. The van der Waals surface area contributed by atoms with Crippen molar-refractivity contribution in [1.29, 1.82) is 0 Å². The van der Waals surface area contributed by atoms with Crippen LogP contribution in [0.3, 0.4) is 0 Å². The summed E-state index contributed by atoms with van der Waals surface area (Å²) in [6, 6.07) is 189. The van der Waals surface area contributed by atoms with Gasteiger partial charge in [-0.15, -0.1) is 0 Å². The Morgan fingerprint density at radius 1 is 0.156 bits per heavy atom. The lowest BCUT2D eigenvalue weighted by molar-refractivity contribution is 0.660. The maximum Gasteiger partial charge on any atom is 0.0465 e. The van der Waals surface area contributed by atoms with Crippen LogP contribution in [0.15, 0.2) is 534 Å². The lowest BCUT2D eigenvalue weighted by Gasteiger charge is -2.28. The summed E-state index contributed by atoms with van der Waals surface area (Å²) in [7, 11) is 6.29. The lowest BCUT2D eigenvalue weighted by atomic mass is 9.82. The average Bonchev–Trinajstić information content (AvgIpc) is 1.57. The molecule has 654 valence electrons. The monoisotopic (exact) mass is 1740 g/mol. The fourth-order valence-electron chi connectivity index (χ4n) is 17.9. The summed E-state index contributed by atoms with van der Waals surface area (Å²) in [5, 5.41) is 5.13. The minimum Gasteiger partial charge on any atom is -0.345 e. The van der Waals surface area contributed by atoms with Gasteiger partial charge in [-0.05, 0) is 276 Å². The fourth-order valence-corrected chi connectivity index (χ4v) is 17.9. The van der Waals surface area contributed by atoms with E-state index in [0.717, 1.165) is 28.4 Å². The molecular weight excluding hydrogens is 1630 g/mol. The summed E-state index contributed by atoms with van der Waals surface area (Å²) < 4.78 is 0. The molecule has 22 rings (SSSR count). The molecule has 135 heavy (non-hydrogen) atoms. The van der Waals surface area contributed by atoms with Gasteiger partial charge in [-0.1, -0.05) is 407 Å². The first-order valence-electron chi connectivity index (χ1n) is 46.4. The van der Waals surface area contributed by atoms with Crippen LogP contribution in [0.2, 0.25) is 0 Å². The van der Waals surface area contributed by atoms with Crippen molar-refractivity contribution in [3.63, 3.8) is 0 Å². The third-order valence-corrected chi connectivity index (χ3v) is 25.6. The molecule has 0 saturated heterocycles. The topological polar surface area (TPSA) is 16.2 Å². The SMILES string of the molecule is CN(c1ccccc1)c1ccc(-c2ccc(-c3ccccc3)cc2)cc1.CN(c1ccccc1)c1ccc(-c2ccc3ccccc3c2)cc1.CN(c1ccccc1)c1ccc(-c2cccc3ccccc23)cc1.Cc1ccc(-c2ccc(N(c3ccccc3)c3ccccc3)cc2)cc1.Cc1ccc(N(c2ccc(-c3ccccc3)cc2)c2ccc3c(c2)C(C)(C)c2ccccc2-3)cc1. The summed E-state index contributed by atoms with van der Waals surface area (Å²) in [6.07, 6.45) is 0. The van der Waals surface area contributed by atoms with E-state index in [1.807, 2.05) is 36.4 Å². The zero-order chi connectivity index (χ0) is 92.2. The van der Waals surface area contributed by atoms with E-state index in [2.05, 4.69) is 571 Å². The Morgan fingerprint density at radius 2 is 0.407 bits per heavy atom. The van der Waals surface area contributed by atoms with E-state index in [4.69, 9.17) is 0 Å². The third kappa shape index (κ3) is 21.0. The first-order chi connectivity index (χ1) is 66.3. The quantitative estimate of drug-likeness (QED) is 0.0848. The Labute approximate surface area is 797 Å². The Hall–Kier alpha value is -16.9. The summed E-state index contributed by atoms with van der Waals surface area (Å²) in [5.41, 5.74) is 37.0. The Kier molecular flexibility index (Phi) is 27.6. The lowest BCUT2D eigenvalue weighted by Crippen LogP contribution is -2.16. The summed E-state index contributed by atoms with van der Waals surface area (Å²) >= 11 is 0. The molecule has 0 N–H and O–H groups in total. The summed E-state index contributed by atoms with van der Waals surface area (Å²) in [6.45, 7) is 8.93. The molecule has 0 amide bonds. The average molecular weight is 1740 g/mol. The smallest absolute Gasteiger partial charge is 0.0465 e. The van der Waals surface area contributed by atoms with E-state index in [1.54, 1.807) is 0 Å². The zero-order valence-corrected chi connectivity index (χ0v) is 77.5. The van der Waals surface area contributed by atoms with Gasteiger partial charge >= 0.3 is 0 Å². The summed E-state index contributed by atoms with van der Waals surface area (Å²) in [4.78, 5) is 11.2. The Balaban J connectivity index is 0.000000113. The number of hydrogen-bond acceptors (Lipinski definition) is 5. The number of aryl methyl sites for hydroxylation is 2. The number of benzene rings is 21. The second-order valence-electron chi connectivity index (χ2n) is 34.8. The molecule has 5 heteroatoms. The number of fused-ring (bicyclic) bond motifs is 5. The normalized spacial score (nSPS) is 11.3. The van der Waals surface area contributed by atoms with Crippen LogP contribution in [0.4, 0.5) is 68.2 Å². The van der Waals surface area contributed by atoms with E-state index < -0.39 is 0 Å². The van der Waals surface area contributed by atoms with Gasteiger partial charge in [0.2, 0.25) is 0 Å². The molecule has 21 aromatic carbocycles. The number of nitrogens with zero attached hydrogens (tertiary/aromatic N) is 5. The largest absolute Gasteiger partial charge is 0.345 e. The van der Waals surface area contributed by atoms with Crippen LogP contribution in [0.5, 0.6) is 0 Å². The highest BCUT2D eigenvalue weighted by Crippen LogP contribution is 2.51. The molecule has 0 saturated carbocycles. The maximum absolute atomic E-state index is 2.39. The molecule has 0 aromatic heterocycles. The first kappa shape index (κ1) is 88.8. The van der Waals surface area contributed by atoms with Gasteiger partial charge < -0.3 is 24.5 Å². The van der Waals surface area contributed by atoms with Crippen molar-refractivity contribution in [2.45, 2.75) is 33.1 Å². The zero-order valence-electron chi connectivity index (χ0n) is 77.5. The van der Waals surface area contributed by atoms with Crippen molar-refractivity contribution >= 4 is 89.8 Å². The van der Waals surface area contributed by atoms with Crippen LogP contribution in [0, 0.1) is 13.8 Å². The van der Waals surface area contributed by atoms with Crippen molar-refractivity contribution in [1.82, 2.24) is 0 Å². The molecule has 0 unspecified atom stereocenters. The number of hydrogen-bond donors (Lipinski definition) is 0. The Bertz CT molecular complexity index is 7340. The van der Waals surface area contributed by atoms with Crippen LogP contribution < -0.4 is 24.5 Å². The van der Waals surface area contributed by atoms with Crippen LogP contribution in [0.25, 0.3) is 99.4 Å². The molecule has 21 aromatic rings. The molecule has 0 atom stereocenters. The van der Waals surface area contributed by atoms with E-state index >= 15 is 0 Å². The molecule has 0 radical (unpaired) electrons. The Morgan fingerprint density at radius 3 is 0.837 bits per heavy atom. The van der Waals surface area contributed by atoms with Gasteiger partial charge in [0, 0.05) is 94.8 Å². The van der Waals surface area contributed by atoms with Gasteiger partial charge in [-0.3, -0.25) is 0 Å². The minimum absolute atomic E-state index is 0.0297. The molecular formula is C130H109N5. The third-order valence-electron chi connectivity index (χ3n) is 25.6. The molecule has 0 bridgehead atoms. The van der Waals surface area contributed by atoms with Crippen LogP contribution in [-0.4, -0.2) is 21.1 Å². The van der Waals surface area contributed by atoms with Gasteiger partial charge in [0.25, 0.3) is 0 Å². The van der Waals surface area contributed by atoms with Crippen molar-refractivity contribution in [3.05, 3.63) is 556 Å². The van der Waals surface area contributed by atoms with Gasteiger partial charge in [0.05, 0.1) is 0 Å². The number of anilines is 12. The van der Waals surface area contributed by atoms with Crippen LogP contribution in [-0.2, 0) is 5.41 Å². The fraction of sp³-hybridized carbons (Fsp3) is 0.0615. The van der Waals surface area contributed by atoms with E-state index in [-0.39, 0.29) is 5.41 Å². The van der Waals surface area contributed by atoms with E-state index in [1.165, 1.54) is 161 Å². The number of para-hydroxylation sites is 5. The predicted molar refractivity (Wildman–Crippen MR) is 580 cm³/mol. The van der Waals surface area contributed by atoms with Crippen LogP contribution in [0.1, 0.15) is 36.1 Å². The molecule has 1 aliphatic rings. The van der Waals surface area contributed by atoms with Crippen molar-refractivity contribution in [2.75, 3.05) is 45.6 Å². The standard InChI is InChI=1S/C34H29N.2C25H21N.2C23H19N/c1-24-13-17-27(18-14-24)35(28-19-15-26(16-20-28)25-9-5-4-6-10-25)29-21-22-31-30-11-7-8-12-32(30)34(2,3)33(31)23-29;1-26(24-10-6-3-7-11-24)25-18-16-23(17-19-25)22-14-12-21(13-15-22)20-8-4-2-5-9-20;1-20-12-14-21(15-13-20)22-16-18-25(19-17-22)26(23-8-4-2-5-9-23)24-10-6-3-7-11-24;1-24(20-10-3-2-4-11-20)21-16-14-19(15-17-21)23-13-7-9-18-8-5-6-12-22(18)23;1-24(22-9-3-2-4-10-22)23-15-13-19(14-16-23)21-12-11-18-7-5-6-8-20(18)17-21/h4-23H,1-3H3;2*2-19H,1H3;2*2-17H,1H3. The van der Waals surface area contributed by atoms with Crippen molar-refractivity contribution < 1.29 is 0 Å². The van der Waals surface area contributed by atoms with Gasteiger partial charge in [0.15, 0.2) is 0 Å². The molecule has 5 nitrogen and oxygen atoms in total. The highest BCUT2D eigenvalue weighted by atomic mass is 15.2. The molecule has 0 spiro atoms. The molecule has 0 fully saturated rings. The van der Waals surface area contributed by atoms with E-state index in [0.29, 0.717) is 0 Å². The van der Waals surface area contributed by atoms with Gasteiger partial charge in [-0.25, -0.2) is 0 Å². The number of rotatable bonds is 18. The van der Waals surface area contributed by atoms with Crippen molar-refractivity contribution in [2.24, 2.45) is 0 Å². The molecule has 1 aliphatic carbocycles. The second-order valence-corrected chi connectivity index (χ2v) is 34.8. The predicted octanol–water partition coefficient (Wildman–Crippen LogP) is 35.9. The van der Waals surface area contributed by atoms with Crippen LogP contribution >= 0.6 is 0 Å². The molecule has 0 aliphatic heterocycles. The highest BCUT2D eigenvalue weighted by molar-refractivity contribution is 5.97. The highest BCUT2D eigenvalue weighted by Gasteiger charge is 2.36. The second kappa shape index (κ2) is 41.9. The molecule has 0 heterocycles. The van der Waals surface area contributed by atoms with E-state index in [9.17, 15) is 0 Å². The van der Waals surface area contributed by atoms with Gasteiger partial charge in [-0.2, -0.15) is 0 Å².